The van der Waals surface area contributed by atoms with Gasteiger partial charge in [-0.05, 0) is 78.7 Å². The first-order valence-corrected chi connectivity index (χ1v) is 20.3. The molecule has 0 saturated carbocycles. The van der Waals surface area contributed by atoms with Crippen LogP contribution in [0.2, 0.25) is 0 Å². The maximum absolute atomic E-state index is 14.5. The summed E-state index contributed by atoms with van der Waals surface area (Å²) >= 11 is 0. The van der Waals surface area contributed by atoms with Gasteiger partial charge in [0.05, 0.1) is 49.1 Å². The van der Waals surface area contributed by atoms with Gasteiger partial charge in [-0.2, -0.15) is 0 Å². The highest BCUT2D eigenvalue weighted by Crippen LogP contribution is 2.42. The number of nitrogens with zero attached hydrogens (tertiary/aromatic N) is 3. The first-order chi connectivity index (χ1) is 27.3. The zero-order valence-corrected chi connectivity index (χ0v) is 35.7. The number of fused-ring (bicyclic) bond motifs is 4. The Morgan fingerprint density at radius 1 is 1.12 bits per heavy atom. The van der Waals surface area contributed by atoms with Crippen LogP contribution < -0.4 is 10.6 Å². The molecule has 3 N–H and O–H groups in total. The minimum absolute atomic E-state index is 0.0344. The number of ether oxygens (including phenoxy) is 6. The van der Waals surface area contributed by atoms with E-state index >= 15 is 0 Å². The smallest absolute Gasteiger partial charge is 0.408 e. The second-order valence-electron chi connectivity index (χ2n) is 17.1. The summed E-state index contributed by atoms with van der Waals surface area (Å²) < 4.78 is 38.6. The lowest BCUT2D eigenvalue weighted by atomic mass is 9.73. The average molecular weight is 818 g/mol. The molecule has 2 amide bonds. The van der Waals surface area contributed by atoms with Crippen molar-refractivity contribution in [3.05, 3.63) is 23.9 Å². The van der Waals surface area contributed by atoms with Gasteiger partial charge in [-0.1, -0.05) is 32.9 Å². The molecule has 0 aliphatic carbocycles. The normalized spacial score (nSPS) is 39.7. The zero-order chi connectivity index (χ0) is 42.7. The van der Waals surface area contributed by atoms with Crippen molar-refractivity contribution in [2.24, 2.45) is 28.8 Å². The number of likely N-dealkylation sites (N-methyl/N-ethyl adjacent to an activating group) is 1. The number of aliphatic hydroxyl groups is 1. The number of hydrogen-bond donors (Lipinski definition) is 3. The van der Waals surface area contributed by atoms with E-state index in [1.165, 1.54) is 6.92 Å². The lowest BCUT2D eigenvalue weighted by Crippen LogP contribution is -2.60. The molecule has 0 spiro atoms. The van der Waals surface area contributed by atoms with E-state index in [-0.39, 0.29) is 50.1 Å². The van der Waals surface area contributed by atoms with Crippen molar-refractivity contribution in [2.45, 2.75) is 148 Å². The number of rotatable bonds is 8. The number of pyridine rings is 1. The minimum atomic E-state index is -1.34. The topological polar surface area (TPSA) is 206 Å². The van der Waals surface area contributed by atoms with Crippen LogP contribution in [0.25, 0.3) is 0 Å². The molecule has 0 radical (unpaired) electrons. The summed E-state index contributed by atoms with van der Waals surface area (Å²) in [6.45, 7) is 15.7. The van der Waals surface area contributed by atoms with Gasteiger partial charge in [0.25, 0.3) is 0 Å². The summed E-state index contributed by atoms with van der Waals surface area (Å²) in [5.74, 6) is -3.58. The lowest BCUT2D eigenvalue weighted by molar-refractivity contribution is -0.302. The van der Waals surface area contributed by atoms with Crippen LogP contribution in [0.3, 0.4) is 0 Å². The van der Waals surface area contributed by atoms with Crippen LogP contribution >= 0.6 is 0 Å². The third-order valence-electron chi connectivity index (χ3n) is 12.2. The first kappa shape index (κ1) is 45.3. The van der Waals surface area contributed by atoms with E-state index in [1.807, 2.05) is 53.6 Å². The Balaban J connectivity index is 1.57. The van der Waals surface area contributed by atoms with Crippen LogP contribution in [-0.4, -0.2) is 132 Å². The number of oxime groups is 1. The maximum atomic E-state index is 14.5. The van der Waals surface area contributed by atoms with Crippen LogP contribution in [0.1, 0.15) is 87.1 Å². The molecule has 5 rings (SSSR count). The van der Waals surface area contributed by atoms with Crippen LogP contribution in [0.4, 0.5) is 10.6 Å². The van der Waals surface area contributed by atoms with Gasteiger partial charge < -0.3 is 53.9 Å². The Morgan fingerprint density at radius 3 is 2.52 bits per heavy atom. The summed E-state index contributed by atoms with van der Waals surface area (Å²) in [4.78, 5) is 65.1. The zero-order valence-electron chi connectivity index (χ0n) is 35.7. The van der Waals surface area contributed by atoms with Crippen molar-refractivity contribution in [3.8, 4) is 0 Å². The number of carbonyl (C=O) groups is 4. The Hall–Kier alpha value is -3.74. The summed E-state index contributed by atoms with van der Waals surface area (Å²) in [5, 5.41) is 21.5. The number of amides is 2. The molecule has 0 aromatic carbocycles. The van der Waals surface area contributed by atoms with Crippen molar-refractivity contribution >= 4 is 35.3 Å². The van der Waals surface area contributed by atoms with Crippen LogP contribution in [0, 0.1) is 23.7 Å². The monoisotopic (exact) mass is 817 g/mol. The van der Waals surface area contributed by atoms with Crippen molar-refractivity contribution in [1.82, 2.24) is 15.2 Å². The highest BCUT2D eigenvalue weighted by Gasteiger charge is 2.57. The lowest BCUT2D eigenvalue weighted by Gasteiger charge is -2.48. The second kappa shape index (κ2) is 18.7. The SMILES string of the molecule is CC[C@H]1OC(=O)[C@H](C)[C@H]2OC/C(=N\OCc3ccnc(NC(C)=O)c3)CO[C@](C)(C[C@@H](C)C(=O)[C@H](C)[C@@H]3NC(=O)O[C@]13C)[C@H](O[C@@H]1O[C@H](C)C[C@H](N(C)C)[C@H]1O)[C@@H]2C. The van der Waals surface area contributed by atoms with Crippen LogP contribution in [0.5, 0.6) is 0 Å². The number of ketones is 1. The van der Waals surface area contributed by atoms with Gasteiger partial charge in [-0.15, -0.1) is 0 Å². The molecule has 58 heavy (non-hydrogen) atoms. The molecular weight excluding hydrogens is 754 g/mol. The highest BCUT2D eigenvalue weighted by atomic mass is 16.7. The van der Waals surface area contributed by atoms with Gasteiger partial charge in [0.15, 0.2) is 11.9 Å². The first-order valence-electron chi connectivity index (χ1n) is 20.3. The van der Waals surface area contributed by atoms with Gasteiger partial charge >= 0.3 is 12.1 Å². The Kier molecular flexibility index (Phi) is 14.6. The van der Waals surface area contributed by atoms with Crippen LogP contribution in [-0.2, 0) is 54.2 Å². The molecular formula is C41H63N5O12. The number of aliphatic hydroxyl groups excluding tert-OH is 1. The van der Waals surface area contributed by atoms with E-state index in [9.17, 15) is 24.3 Å². The molecule has 324 valence electrons. The van der Waals surface area contributed by atoms with Gasteiger partial charge in [-0.25, -0.2) is 9.78 Å². The number of hydrogen-bond acceptors (Lipinski definition) is 15. The summed E-state index contributed by atoms with van der Waals surface area (Å²) in [5.41, 5.74) is -1.57. The number of aromatic nitrogens is 1. The van der Waals surface area contributed by atoms with E-state index in [1.54, 1.807) is 39.1 Å². The molecule has 4 aliphatic rings. The molecule has 17 nitrogen and oxygen atoms in total. The Bertz CT molecular complexity index is 1680. The average Bonchev–Trinajstić information content (AvgIpc) is 3.49. The maximum Gasteiger partial charge on any atom is 0.408 e. The number of Topliss-reactive ketones (excluding diaryl/α,β-unsaturated/α-hetero) is 1. The summed E-state index contributed by atoms with van der Waals surface area (Å²) in [6.07, 6.45) is -3.21. The fourth-order valence-corrected chi connectivity index (χ4v) is 9.11. The van der Waals surface area contributed by atoms with Gasteiger partial charge in [0, 0.05) is 36.9 Å². The number of carbonyl (C=O) groups excluding carboxylic acids is 4. The number of nitrogens with one attached hydrogen (secondary N) is 2. The van der Waals surface area contributed by atoms with E-state index in [4.69, 9.17) is 33.3 Å². The Labute approximate surface area is 341 Å². The fourth-order valence-electron chi connectivity index (χ4n) is 9.11. The number of alkyl carbamates (subject to hydrolysis) is 1. The molecule has 2 bridgehead atoms. The fraction of sp³-hybridized carbons (Fsp3) is 0.756. The van der Waals surface area contributed by atoms with E-state index in [0.717, 1.165) is 0 Å². The standard InChI is InChI=1S/C41H63N5O12/c1-12-30-41(9)35(44-39(51)58-41)23(4)32(48)21(2)17-40(8)36(57-38-33(49)29(46(10)11)15-22(3)55-38)24(5)34(25(6)37(50)56-30)52-19-28(20-53-40)45-54-18-27-13-14-42-31(16-27)43-26(7)47/h13-14,16,21-25,29-30,33-36,38,49H,12,15,17-20H2,1-11H3,(H,44,51)(H,42,43,47)/b45-28+/t21-,22-,23+,24-,25-,29+,30-,33-,34+,35+,36-,38+,40-,41-/m1/s1. The van der Waals surface area contributed by atoms with Gasteiger partial charge in [0.1, 0.15) is 36.1 Å². The molecule has 5 heterocycles. The van der Waals surface area contributed by atoms with Crippen LogP contribution in [0.15, 0.2) is 23.5 Å². The van der Waals surface area contributed by atoms with Gasteiger partial charge in [-0.3, -0.25) is 14.4 Å². The predicted molar refractivity (Wildman–Crippen MR) is 210 cm³/mol. The molecule has 1 aromatic rings. The Morgan fingerprint density at radius 2 is 1.84 bits per heavy atom. The molecule has 4 saturated heterocycles. The highest BCUT2D eigenvalue weighted by molar-refractivity contribution is 5.88. The third kappa shape index (κ3) is 9.99. The van der Waals surface area contributed by atoms with Crippen molar-refractivity contribution in [3.63, 3.8) is 0 Å². The predicted octanol–water partition coefficient (Wildman–Crippen LogP) is 3.60. The largest absolute Gasteiger partial charge is 0.458 e. The molecule has 1 aromatic heterocycles. The minimum Gasteiger partial charge on any atom is -0.458 e. The van der Waals surface area contributed by atoms with E-state index in [2.05, 4.69) is 20.8 Å². The quantitative estimate of drug-likeness (QED) is 0.253. The number of cyclic esters (lactones) is 1. The molecule has 4 fully saturated rings. The number of esters is 1. The number of anilines is 1. The summed E-state index contributed by atoms with van der Waals surface area (Å²) in [7, 11) is 3.78. The van der Waals surface area contributed by atoms with E-state index in [0.29, 0.717) is 29.9 Å². The molecule has 4 aliphatic heterocycles. The molecule has 0 unspecified atom stereocenters. The van der Waals surface area contributed by atoms with E-state index < -0.39 is 83.7 Å². The third-order valence-corrected chi connectivity index (χ3v) is 12.2. The van der Waals surface area contributed by atoms with Gasteiger partial charge in [0.2, 0.25) is 5.91 Å². The second-order valence-corrected chi connectivity index (χ2v) is 17.1. The van der Waals surface area contributed by atoms with Crippen molar-refractivity contribution in [2.75, 3.05) is 32.6 Å². The molecule has 17 heteroatoms. The summed E-state index contributed by atoms with van der Waals surface area (Å²) in [6, 6.07) is 2.33. The van der Waals surface area contributed by atoms with Crippen molar-refractivity contribution in [1.29, 1.82) is 0 Å². The molecule has 14 atom stereocenters. The van der Waals surface area contributed by atoms with Crippen molar-refractivity contribution < 1.29 is 57.5 Å².